The summed E-state index contributed by atoms with van der Waals surface area (Å²) >= 11 is 0. The van der Waals surface area contributed by atoms with E-state index in [2.05, 4.69) is 154 Å². The molecule has 0 saturated carbocycles. The Morgan fingerprint density at radius 1 is 0.315 bits per heavy atom. The van der Waals surface area contributed by atoms with E-state index in [0.29, 0.717) is 19.3 Å². The van der Waals surface area contributed by atoms with Crippen LogP contribution in [0.25, 0.3) is 0 Å². The number of esters is 3. The highest BCUT2D eigenvalue weighted by Crippen LogP contribution is 2.45. The number of carbonyl (C=O) groups excluding carboxylic acids is 3. The summed E-state index contributed by atoms with van der Waals surface area (Å²) in [6, 6.07) is 0. The molecule has 0 heterocycles. The highest BCUT2D eigenvalue weighted by Gasteiger charge is 2.29. The summed E-state index contributed by atoms with van der Waals surface area (Å²) in [6.07, 6.45) is 73.5. The summed E-state index contributed by atoms with van der Waals surface area (Å²) in [5.41, 5.74) is 0. The third-order valence-electron chi connectivity index (χ3n) is 13.4. The predicted molar refractivity (Wildman–Crippen MR) is 362 cm³/mol. The number of allylic oxidation sites excluding steroid dienone is 22. The monoisotopic (exact) mass is 1290 g/mol. The molecular weight excluding hydrogens is 1170 g/mol. The van der Waals surface area contributed by atoms with Crippen molar-refractivity contribution in [2.24, 2.45) is 0 Å². The Hall–Kier alpha value is -4.31. The van der Waals surface area contributed by atoms with Crippen LogP contribution in [-0.2, 0) is 55.8 Å². The molecule has 0 aromatic rings. The Morgan fingerprint density at radius 2 is 0.562 bits per heavy atom. The minimum absolute atomic E-state index is 0.0830. The van der Waals surface area contributed by atoms with Gasteiger partial charge in [-0.2, -0.15) is 0 Å². The van der Waals surface area contributed by atoms with Gasteiger partial charge in [-0.3, -0.25) is 32.5 Å². The maximum absolute atomic E-state index is 12.9. The first-order chi connectivity index (χ1) is 43.2. The van der Waals surface area contributed by atoms with Crippen LogP contribution in [0, 0.1) is 0 Å². The average molecular weight is 1290 g/mol. The van der Waals surface area contributed by atoms with Crippen molar-refractivity contribution in [3.8, 4) is 0 Å². The molecule has 0 bridgehead atoms. The molecule has 89 heavy (non-hydrogen) atoms. The number of aliphatic hydroxyl groups excluding tert-OH is 2. The van der Waals surface area contributed by atoms with Gasteiger partial charge in [0.25, 0.3) is 0 Å². The summed E-state index contributed by atoms with van der Waals surface area (Å²) in [5.74, 6) is -1.63. The maximum atomic E-state index is 12.9. The highest BCUT2D eigenvalue weighted by atomic mass is 31.2. The van der Waals surface area contributed by atoms with E-state index >= 15 is 0 Å². The zero-order chi connectivity index (χ0) is 65.3. The van der Waals surface area contributed by atoms with Crippen LogP contribution in [0.2, 0.25) is 0 Å². The first-order valence-electron chi connectivity index (χ1n) is 33.5. The van der Waals surface area contributed by atoms with E-state index in [-0.39, 0.29) is 19.3 Å². The van der Waals surface area contributed by atoms with E-state index in [1.165, 1.54) is 0 Å². The zero-order valence-corrected chi connectivity index (χ0v) is 56.6. The number of hydrogen-bond acceptors (Lipinski definition) is 14. The van der Waals surface area contributed by atoms with Crippen LogP contribution in [-0.4, -0.2) is 95.9 Å². The SMILES string of the molecule is CC/C=C\C/C=C\C/C=C\C/C=C\CCCCCCCCC(=O)OCC(O)COP(=O)(O)OCC(O)COP(=O)(O)OCC(COC(=O)CCCCCC/C=C\C/C=C\C/C=C\C/C=C\CC)OC(=O)CCCCCCCCC/C=C\C/C=C\C/C=C\CC. The quantitative estimate of drug-likeness (QED) is 0.0146. The Balaban J connectivity index is 4.75. The second kappa shape index (κ2) is 63.8. The van der Waals surface area contributed by atoms with Crippen LogP contribution < -0.4 is 0 Å². The van der Waals surface area contributed by atoms with Crippen molar-refractivity contribution in [3.05, 3.63) is 134 Å². The number of carbonyl (C=O) groups is 3. The van der Waals surface area contributed by atoms with E-state index in [1.54, 1.807) is 0 Å². The van der Waals surface area contributed by atoms with Crippen LogP contribution in [0.4, 0.5) is 0 Å². The molecule has 16 nitrogen and oxygen atoms in total. The first kappa shape index (κ1) is 84.7. The minimum Gasteiger partial charge on any atom is -0.463 e. The molecular formula is C71H118O16P2. The summed E-state index contributed by atoms with van der Waals surface area (Å²) < 4.78 is 60.8. The second-order valence-electron chi connectivity index (χ2n) is 21.8. The van der Waals surface area contributed by atoms with Gasteiger partial charge in [0, 0.05) is 19.3 Å². The molecule has 0 saturated heterocycles. The van der Waals surface area contributed by atoms with Gasteiger partial charge in [0.2, 0.25) is 0 Å². The minimum atomic E-state index is -4.94. The summed E-state index contributed by atoms with van der Waals surface area (Å²) in [6.45, 7) is 2.25. The fraction of sp³-hybridized carbons (Fsp3) is 0.648. The maximum Gasteiger partial charge on any atom is 0.472 e. The Kier molecular flexibility index (Phi) is 60.7. The van der Waals surface area contributed by atoms with Crippen molar-refractivity contribution >= 4 is 33.6 Å². The van der Waals surface area contributed by atoms with Crippen molar-refractivity contribution in [1.29, 1.82) is 0 Å². The van der Waals surface area contributed by atoms with E-state index in [9.17, 15) is 43.5 Å². The Labute approximate surface area is 537 Å². The lowest BCUT2D eigenvalue weighted by Crippen LogP contribution is -2.30. The van der Waals surface area contributed by atoms with Crippen molar-refractivity contribution in [2.45, 2.75) is 257 Å². The molecule has 0 aromatic carbocycles. The van der Waals surface area contributed by atoms with Crippen LogP contribution in [0.15, 0.2) is 134 Å². The molecule has 5 atom stereocenters. The molecule has 0 spiro atoms. The van der Waals surface area contributed by atoms with Crippen molar-refractivity contribution in [3.63, 3.8) is 0 Å². The van der Waals surface area contributed by atoms with Gasteiger partial charge < -0.3 is 34.2 Å². The molecule has 508 valence electrons. The molecule has 0 radical (unpaired) electrons. The second-order valence-corrected chi connectivity index (χ2v) is 24.7. The van der Waals surface area contributed by atoms with Crippen LogP contribution in [0.3, 0.4) is 0 Å². The van der Waals surface area contributed by atoms with Crippen LogP contribution >= 0.6 is 15.6 Å². The molecule has 0 fully saturated rings. The molecule has 5 unspecified atom stereocenters. The molecule has 0 rings (SSSR count). The lowest BCUT2D eigenvalue weighted by Gasteiger charge is -2.21. The molecule has 0 aromatic heterocycles. The van der Waals surface area contributed by atoms with Gasteiger partial charge in [0.05, 0.1) is 26.4 Å². The predicted octanol–water partition coefficient (Wildman–Crippen LogP) is 18.4. The number of hydrogen-bond donors (Lipinski definition) is 4. The van der Waals surface area contributed by atoms with E-state index in [0.717, 1.165) is 180 Å². The zero-order valence-electron chi connectivity index (χ0n) is 54.8. The summed E-state index contributed by atoms with van der Waals surface area (Å²) in [5, 5.41) is 20.5. The van der Waals surface area contributed by atoms with Gasteiger partial charge in [0.15, 0.2) is 6.10 Å². The third-order valence-corrected chi connectivity index (χ3v) is 15.3. The van der Waals surface area contributed by atoms with E-state index in [4.69, 9.17) is 32.3 Å². The number of aliphatic hydroxyl groups is 2. The number of phosphoric acid groups is 2. The number of phosphoric ester groups is 2. The number of unbranched alkanes of at least 4 members (excludes halogenated alkanes) is 17. The van der Waals surface area contributed by atoms with Crippen molar-refractivity contribution in [1.82, 2.24) is 0 Å². The highest BCUT2D eigenvalue weighted by molar-refractivity contribution is 7.47. The third kappa shape index (κ3) is 65.0. The smallest absolute Gasteiger partial charge is 0.463 e. The topological polar surface area (TPSA) is 231 Å². The van der Waals surface area contributed by atoms with Crippen LogP contribution in [0.5, 0.6) is 0 Å². The average Bonchev–Trinajstić information content (AvgIpc) is 3.54. The van der Waals surface area contributed by atoms with Gasteiger partial charge in [0.1, 0.15) is 25.4 Å². The first-order valence-corrected chi connectivity index (χ1v) is 36.5. The fourth-order valence-corrected chi connectivity index (χ4v) is 9.92. The lowest BCUT2D eigenvalue weighted by molar-refractivity contribution is -0.161. The summed E-state index contributed by atoms with van der Waals surface area (Å²) in [7, 11) is -9.80. The van der Waals surface area contributed by atoms with E-state index < -0.39 is 91.5 Å². The van der Waals surface area contributed by atoms with Crippen molar-refractivity contribution in [2.75, 3.05) is 39.6 Å². The van der Waals surface area contributed by atoms with Gasteiger partial charge in [-0.25, -0.2) is 9.13 Å². The summed E-state index contributed by atoms with van der Waals surface area (Å²) in [4.78, 5) is 58.4. The van der Waals surface area contributed by atoms with Gasteiger partial charge in [-0.1, -0.05) is 225 Å². The lowest BCUT2D eigenvalue weighted by atomic mass is 10.1. The molecule has 0 amide bonds. The largest absolute Gasteiger partial charge is 0.472 e. The Morgan fingerprint density at radius 3 is 0.888 bits per heavy atom. The van der Waals surface area contributed by atoms with E-state index in [1.807, 2.05) is 0 Å². The van der Waals surface area contributed by atoms with Crippen molar-refractivity contribution < 1.29 is 75.8 Å². The number of rotatable bonds is 62. The standard InChI is InChI=1S/C71H118O16P2/c1-4-7-10-13-16-19-22-25-28-31-32-35-37-39-42-45-48-51-54-57-69(74)81-60-66(72)61-83-88(77,78)84-62-67(73)63-85-89(79,80)86-65-68(87-71(76)59-56-53-50-47-44-41-38-34-30-27-24-21-18-15-12-9-6-3)64-82-70(75)58-55-52-49-46-43-40-36-33-29-26-23-20-17-14-11-8-5-2/h7-12,16-21,25-30,32,35-36,40,66-68,72-73H,4-6,13-15,22-24,31,33-34,37-39,41-65H2,1-3H3,(H,77,78)(H,79,80)/b10-7-,11-8-,12-9-,19-16-,20-17-,21-18-,28-25-,29-26-,30-27-,35-32-,40-36-. The van der Waals surface area contributed by atoms with Gasteiger partial charge in [-0.05, 0) is 128 Å². The molecule has 4 N–H and O–H groups in total. The molecule has 0 aliphatic carbocycles. The Bertz CT molecular complexity index is 2160. The normalized spacial score (nSPS) is 15.1. The number of ether oxygens (including phenoxy) is 3. The molecule has 18 heteroatoms. The van der Waals surface area contributed by atoms with Crippen LogP contribution in [0.1, 0.15) is 239 Å². The molecule has 0 aliphatic heterocycles. The fourth-order valence-electron chi connectivity index (χ4n) is 8.33. The van der Waals surface area contributed by atoms with Gasteiger partial charge >= 0.3 is 33.6 Å². The van der Waals surface area contributed by atoms with Gasteiger partial charge in [-0.15, -0.1) is 0 Å². The molecule has 0 aliphatic rings.